The van der Waals surface area contributed by atoms with Crippen LogP contribution in [0.2, 0.25) is 0 Å². The van der Waals surface area contributed by atoms with Gasteiger partial charge in [0, 0.05) is 11.4 Å². The van der Waals surface area contributed by atoms with Crippen molar-refractivity contribution in [2.75, 3.05) is 16.6 Å². The number of carbonyl (C=O) groups is 3. The Morgan fingerprint density at radius 3 is 2.11 bits per heavy atom. The number of sulfonamides is 1. The Morgan fingerprint density at radius 1 is 0.861 bits per heavy atom. The number of carbonyl (C=O) groups excluding carboxylic acids is 3. The lowest BCUT2D eigenvalue weighted by atomic mass is 10.1. The van der Waals surface area contributed by atoms with E-state index in [2.05, 4.69) is 5.32 Å². The van der Waals surface area contributed by atoms with E-state index in [9.17, 15) is 40.4 Å². The third kappa shape index (κ3) is 4.91. The first-order valence-electron chi connectivity index (χ1n) is 10.1. The molecule has 0 bridgehead atoms. The smallest absolute Gasteiger partial charge is 0.324 e. The average molecular weight is 521 g/mol. The number of anilines is 2. The third-order valence-corrected chi connectivity index (χ3v) is 6.52. The standard InChI is InChI=1S/C23H15F4N3O5S/c24-18-9-8-14(28-20(31)12-30-21(32)16-6-1-2-7-17(16)22(30)33)11-19(18)36(34,35)29-15-5-3-4-13(10-15)23(25,26)27/h1-11,29H,12H2,(H,28,31). The lowest BCUT2D eigenvalue weighted by Crippen LogP contribution is -2.37. The van der Waals surface area contributed by atoms with Gasteiger partial charge in [-0.1, -0.05) is 18.2 Å². The molecule has 0 saturated carbocycles. The number of alkyl halides is 3. The number of nitrogens with one attached hydrogen (secondary N) is 2. The molecule has 1 aliphatic heterocycles. The molecule has 3 aromatic rings. The molecule has 4 rings (SSSR count). The molecule has 8 nitrogen and oxygen atoms in total. The van der Waals surface area contributed by atoms with Crippen molar-refractivity contribution in [1.29, 1.82) is 0 Å². The van der Waals surface area contributed by atoms with Gasteiger partial charge < -0.3 is 5.32 Å². The van der Waals surface area contributed by atoms with Crippen LogP contribution in [0.5, 0.6) is 0 Å². The maximum atomic E-state index is 14.3. The summed E-state index contributed by atoms with van der Waals surface area (Å²) in [6, 6.07) is 11.8. The van der Waals surface area contributed by atoms with Gasteiger partial charge in [-0.05, 0) is 48.5 Å². The zero-order valence-electron chi connectivity index (χ0n) is 18.0. The first-order valence-corrected chi connectivity index (χ1v) is 11.6. The van der Waals surface area contributed by atoms with Crippen molar-refractivity contribution in [3.8, 4) is 0 Å². The maximum Gasteiger partial charge on any atom is 0.416 e. The zero-order chi connectivity index (χ0) is 26.3. The first kappa shape index (κ1) is 24.9. The van der Waals surface area contributed by atoms with Crippen molar-refractivity contribution in [1.82, 2.24) is 4.90 Å². The van der Waals surface area contributed by atoms with Crippen LogP contribution in [0.3, 0.4) is 0 Å². The topological polar surface area (TPSA) is 113 Å². The monoisotopic (exact) mass is 521 g/mol. The van der Waals surface area contributed by atoms with Crippen molar-refractivity contribution in [2.24, 2.45) is 0 Å². The SMILES string of the molecule is O=C(CN1C(=O)c2ccccc2C1=O)Nc1ccc(F)c(S(=O)(=O)Nc2cccc(C(F)(F)F)c2)c1. The lowest BCUT2D eigenvalue weighted by Gasteiger charge is -2.15. The molecule has 1 aliphatic rings. The second-order valence-corrected chi connectivity index (χ2v) is 9.27. The fourth-order valence-electron chi connectivity index (χ4n) is 3.48. The molecule has 0 aromatic heterocycles. The normalized spacial score (nSPS) is 13.5. The highest BCUT2D eigenvalue weighted by Crippen LogP contribution is 2.31. The first-order chi connectivity index (χ1) is 16.9. The highest BCUT2D eigenvalue weighted by Gasteiger charge is 2.36. The van der Waals surface area contributed by atoms with E-state index in [0.717, 1.165) is 36.4 Å². The molecule has 0 spiro atoms. The van der Waals surface area contributed by atoms with Crippen LogP contribution < -0.4 is 10.0 Å². The van der Waals surface area contributed by atoms with Crippen molar-refractivity contribution in [3.05, 3.63) is 89.2 Å². The summed E-state index contributed by atoms with van der Waals surface area (Å²) in [7, 11) is -4.70. The van der Waals surface area contributed by atoms with Gasteiger partial charge in [0.05, 0.1) is 16.7 Å². The number of halogens is 4. The molecule has 0 radical (unpaired) electrons. The van der Waals surface area contributed by atoms with Crippen molar-refractivity contribution < 1.29 is 40.4 Å². The molecular formula is C23H15F4N3O5S. The van der Waals surface area contributed by atoms with Crippen molar-refractivity contribution in [2.45, 2.75) is 11.1 Å². The molecular weight excluding hydrogens is 506 g/mol. The summed E-state index contributed by atoms with van der Waals surface area (Å²) in [6.07, 6.45) is -4.73. The average Bonchev–Trinajstić information content (AvgIpc) is 3.04. The summed E-state index contributed by atoms with van der Waals surface area (Å²) in [4.78, 5) is 37.0. The molecule has 3 aromatic carbocycles. The molecule has 0 fully saturated rings. The van der Waals surface area contributed by atoms with Crippen LogP contribution in [0.1, 0.15) is 26.3 Å². The van der Waals surface area contributed by atoms with Gasteiger partial charge in [0.15, 0.2) is 0 Å². The minimum absolute atomic E-state index is 0.131. The highest BCUT2D eigenvalue weighted by atomic mass is 32.2. The van der Waals surface area contributed by atoms with Gasteiger partial charge in [0.25, 0.3) is 21.8 Å². The van der Waals surface area contributed by atoms with Crippen molar-refractivity contribution in [3.63, 3.8) is 0 Å². The van der Waals surface area contributed by atoms with Gasteiger partial charge >= 0.3 is 6.18 Å². The lowest BCUT2D eigenvalue weighted by molar-refractivity contribution is -0.137. The largest absolute Gasteiger partial charge is 0.416 e. The second kappa shape index (κ2) is 9.07. The Hall–Kier alpha value is -4.26. The van der Waals surface area contributed by atoms with Gasteiger partial charge in [-0.2, -0.15) is 13.2 Å². The molecule has 0 atom stereocenters. The molecule has 13 heteroatoms. The number of fused-ring (bicyclic) bond motifs is 1. The Balaban J connectivity index is 1.51. The zero-order valence-corrected chi connectivity index (χ0v) is 18.8. The van der Waals surface area contributed by atoms with Crippen molar-refractivity contribution >= 4 is 39.1 Å². The fourth-order valence-corrected chi connectivity index (χ4v) is 4.64. The van der Waals surface area contributed by atoms with E-state index in [4.69, 9.17) is 0 Å². The minimum atomic E-state index is -4.73. The van der Waals surface area contributed by atoms with Crippen LogP contribution in [-0.4, -0.2) is 37.6 Å². The van der Waals surface area contributed by atoms with E-state index in [-0.39, 0.29) is 16.8 Å². The number of nitrogens with zero attached hydrogens (tertiary/aromatic N) is 1. The summed E-state index contributed by atoms with van der Waals surface area (Å²) in [5, 5.41) is 2.28. The number of amides is 3. The summed E-state index contributed by atoms with van der Waals surface area (Å²) < 4.78 is 80.3. The van der Waals surface area contributed by atoms with E-state index in [1.165, 1.54) is 12.1 Å². The summed E-state index contributed by atoms with van der Waals surface area (Å²) in [5.41, 5.74) is -1.50. The predicted octanol–water partition coefficient (Wildman–Crippen LogP) is 3.88. The van der Waals surface area contributed by atoms with Crippen LogP contribution in [0.4, 0.5) is 28.9 Å². The predicted molar refractivity (Wildman–Crippen MR) is 119 cm³/mol. The Labute approximate surface area is 201 Å². The van der Waals surface area contributed by atoms with Gasteiger partial charge in [0.1, 0.15) is 17.3 Å². The molecule has 0 unspecified atom stereocenters. The third-order valence-electron chi connectivity index (χ3n) is 5.13. The number of hydrogen-bond donors (Lipinski definition) is 2. The molecule has 36 heavy (non-hydrogen) atoms. The second-order valence-electron chi connectivity index (χ2n) is 7.62. The summed E-state index contributed by atoms with van der Waals surface area (Å²) in [6.45, 7) is -0.686. The highest BCUT2D eigenvalue weighted by molar-refractivity contribution is 7.92. The van der Waals surface area contributed by atoms with Gasteiger partial charge in [-0.3, -0.25) is 24.0 Å². The molecule has 3 amide bonds. The quantitative estimate of drug-likeness (QED) is 0.378. The van der Waals surface area contributed by atoms with Gasteiger partial charge in [-0.25, -0.2) is 12.8 Å². The number of imide groups is 1. The summed E-state index contributed by atoms with van der Waals surface area (Å²) >= 11 is 0. The molecule has 186 valence electrons. The van der Waals surface area contributed by atoms with Gasteiger partial charge in [-0.15, -0.1) is 0 Å². The molecule has 0 saturated heterocycles. The van der Waals surface area contributed by atoms with E-state index in [1.54, 1.807) is 12.1 Å². The maximum absolute atomic E-state index is 14.3. The Bertz CT molecular complexity index is 1470. The number of hydrogen-bond acceptors (Lipinski definition) is 5. The molecule has 0 aliphatic carbocycles. The van der Waals surface area contributed by atoms with E-state index in [1.807, 2.05) is 4.72 Å². The minimum Gasteiger partial charge on any atom is -0.324 e. The fraction of sp³-hybridized carbons (Fsp3) is 0.0870. The van der Waals surface area contributed by atoms with Gasteiger partial charge in [0.2, 0.25) is 5.91 Å². The Morgan fingerprint density at radius 2 is 1.50 bits per heavy atom. The Kier molecular flexibility index (Phi) is 6.26. The van der Waals surface area contributed by atoms with Crippen LogP contribution in [0.15, 0.2) is 71.6 Å². The van der Waals surface area contributed by atoms with E-state index in [0.29, 0.717) is 11.0 Å². The van der Waals surface area contributed by atoms with Crippen LogP contribution in [-0.2, 0) is 21.0 Å². The van der Waals surface area contributed by atoms with Crippen LogP contribution >= 0.6 is 0 Å². The van der Waals surface area contributed by atoms with Crippen LogP contribution in [0.25, 0.3) is 0 Å². The van der Waals surface area contributed by atoms with E-state index >= 15 is 0 Å². The van der Waals surface area contributed by atoms with E-state index < -0.39 is 62.4 Å². The molecule has 2 N–H and O–H groups in total. The summed E-state index contributed by atoms with van der Waals surface area (Å²) in [5.74, 6) is -3.46. The molecule has 1 heterocycles. The number of rotatable bonds is 6. The van der Waals surface area contributed by atoms with Crippen LogP contribution in [0, 0.1) is 5.82 Å². The number of benzene rings is 3.